The maximum Gasteiger partial charge on any atom is 0.339 e. The number of thiocarbonyl (C=S) groups is 1. The molecule has 0 radical (unpaired) electrons. The Bertz CT molecular complexity index is 1280. The van der Waals surface area contributed by atoms with E-state index in [0.29, 0.717) is 35.0 Å². The van der Waals surface area contributed by atoms with Crippen LogP contribution in [0.5, 0.6) is 0 Å². The van der Waals surface area contributed by atoms with E-state index in [0.717, 1.165) is 41.5 Å². The zero-order chi connectivity index (χ0) is 24.2. The molecule has 7 nitrogen and oxygen atoms in total. The number of aromatic amines is 1. The quantitative estimate of drug-likeness (QED) is 0.403. The molecule has 0 saturated carbocycles. The standard InChI is InChI=1S/C26H29N3O4S/c1-16-10-11-17(2)23-21(16)13-18(24(30)28-23)14-29(15-19-7-6-12-33-19)26(34)27-22-9-5-4-8-20(22)25(31)32-3/h4-5,8-11,13,19H,6-7,12,14-15H2,1-3H3,(H,27,34)(H,28,30). The molecule has 2 N–H and O–H groups in total. The van der Waals surface area contributed by atoms with Gasteiger partial charge in [0, 0.05) is 24.1 Å². The highest BCUT2D eigenvalue weighted by Gasteiger charge is 2.23. The number of fused-ring (bicyclic) bond motifs is 1. The number of esters is 1. The molecule has 0 aliphatic carbocycles. The summed E-state index contributed by atoms with van der Waals surface area (Å²) < 4.78 is 10.7. The molecule has 1 fully saturated rings. The lowest BCUT2D eigenvalue weighted by atomic mass is 10.0. The SMILES string of the molecule is COC(=O)c1ccccc1NC(=S)N(Cc1cc2c(C)ccc(C)c2[nH]c1=O)CC1CCCO1. The monoisotopic (exact) mass is 479 g/mol. The number of pyridine rings is 1. The summed E-state index contributed by atoms with van der Waals surface area (Å²) in [6.07, 6.45) is 1.96. The molecule has 2 aromatic carbocycles. The van der Waals surface area contributed by atoms with E-state index >= 15 is 0 Å². The maximum atomic E-state index is 13.0. The van der Waals surface area contributed by atoms with Crippen molar-refractivity contribution in [3.63, 3.8) is 0 Å². The average molecular weight is 480 g/mol. The van der Waals surface area contributed by atoms with E-state index in [2.05, 4.69) is 16.4 Å². The minimum atomic E-state index is -0.451. The van der Waals surface area contributed by atoms with Crippen LogP contribution in [0.15, 0.2) is 47.3 Å². The van der Waals surface area contributed by atoms with Crippen LogP contribution in [0.25, 0.3) is 10.9 Å². The number of rotatable bonds is 6. The fourth-order valence-electron chi connectivity index (χ4n) is 4.27. The van der Waals surface area contributed by atoms with Crippen LogP contribution in [0.3, 0.4) is 0 Å². The van der Waals surface area contributed by atoms with Crippen LogP contribution in [0.1, 0.15) is 39.9 Å². The van der Waals surface area contributed by atoms with Gasteiger partial charge in [-0.3, -0.25) is 4.79 Å². The zero-order valence-electron chi connectivity index (χ0n) is 19.6. The number of H-pyrrole nitrogens is 1. The van der Waals surface area contributed by atoms with E-state index in [4.69, 9.17) is 21.7 Å². The van der Waals surface area contributed by atoms with E-state index in [-0.39, 0.29) is 11.7 Å². The summed E-state index contributed by atoms with van der Waals surface area (Å²) in [4.78, 5) is 30.2. The highest BCUT2D eigenvalue weighted by atomic mass is 32.1. The second-order valence-electron chi connectivity index (χ2n) is 8.59. The van der Waals surface area contributed by atoms with Crippen molar-refractivity contribution in [3.8, 4) is 0 Å². The summed E-state index contributed by atoms with van der Waals surface area (Å²) in [5.74, 6) is -0.451. The number of nitrogens with one attached hydrogen (secondary N) is 2. The molecule has 0 spiro atoms. The molecule has 8 heteroatoms. The van der Waals surface area contributed by atoms with Crippen molar-refractivity contribution in [2.75, 3.05) is 25.6 Å². The van der Waals surface area contributed by atoms with Crippen LogP contribution in [0, 0.1) is 13.8 Å². The number of methoxy groups -OCH3 is 1. The predicted molar refractivity (Wildman–Crippen MR) is 137 cm³/mol. The van der Waals surface area contributed by atoms with E-state index in [9.17, 15) is 9.59 Å². The fraction of sp³-hybridized carbons (Fsp3) is 0.346. The van der Waals surface area contributed by atoms with Crippen LogP contribution in [0.4, 0.5) is 5.69 Å². The van der Waals surface area contributed by atoms with E-state index in [1.54, 1.807) is 18.2 Å². The van der Waals surface area contributed by atoms with Crippen molar-refractivity contribution >= 4 is 39.9 Å². The van der Waals surface area contributed by atoms with E-state index in [1.807, 2.05) is 36.9 Å². The third kappa shape index (κ3) is 5.13. The Hall–Kier alpha value is -3.23. The Labute approximate surface area is 204 Å². The molecular weight excluding hydrogens is 450 g/mol. The van der Waals surface area contributed by atoms with Gasteiger partial charge >= 0.3 is 5.97 Å². The normalized spacial score (nSPS) is 15.3. The van der Waals surface area contributed by atoms with Gasteiger partial charge < -0.3 is 24.7 Å². The number of nitrogens with zero attached hydrogens (tertiary/aromatic N) is 1. The van der Waals surface area contributed by atoms with Crippen molar-refractivity contribution in [1.82, 2.24) is 9.88 Å². The number of benzene rings is 2. The zero-order valence-corrected chi connectivity index (χ0v) is 20.5. The lowest BCUT2D eigenvalue weighted by Crippen LogP contribution is -2.40. The topological polar surface area (TPSA) is 83.7 Å². The Morgan fingerprint density at radius 2 is 2.00 bits per heavy atom. The lowest BCUT2D eigenvalue weighted by Gasteiger charge is -2.28. The van der Waals surface area contributed by atoms with Crippen LogP contribution in [-0.4, -0.2) is 47.3 Å². The number of para-hydroxylation sites is 1. The molecule has 34 heavy (non-hydrogen) atoms. The second kappa shape index (κ2) is 10.4. The summed E-state index contributed by atoms with van der Waals surface area (Å²) >= 11 is 5.75. The highest BCUT2D eigenvalue weighted by Crippen LogP contribution is 2.22. The molecule has 1 aromatic heterocycles. The Kier molecular flexibility index (Phi) is 7.29. The fourth-order valence-corrected chi connectivity index (χ4v) is 4.52. The Morgan fingerprint density at radius 3 is 2.74 bits per heavy atom. The molecule has 1 aliphatic rings. The molecule has 4 rings (SSSR count). The van der Waals surface area contributed by atoms with Gasteiger partial charge in [-0.15, -0.1) is 0 Å². The number of hydrogen-bond donors (Lipinski definition) is 2. The van der Waals surface area contributed by atoms with Gasteiger partial charge in [-0.25, -0.2) is 4.79 Å². The van der Waals surface area contributed by atoms with Crippen molar-refractivity contribution < 1.29 is 14.3 Å². The number of anilines is 1. The number of aromatic nitrogens is 1. The highest BCUT2D eigenvalue weighted by molar-refractivity contribution is 7.80. The van der Waals surface area contributed by atoms with Crippen molar-refractivity contribution in [2.24, 2.45) is 0 Å². The summed E-state index contributed by atoms with van der Waals surface area (Å²) in [6, 6.07) is 13.1. The molecule has 3 aromatic rings. The first-order valence-electron chi connectivity index (χ1n) is 11.3. The van der Waals surface area contributed by atoms with Gasteiger partial charge in [0.15, 0.2) is 5.11 Å². The summed E-state index contributed by atoms with van der Waals surface area (Å²) in [7, 11) is 1.34. The van der Waals surface area contributed by atoms with Gasteiger partial charge in [0.25, 0.3) is 5.56 Å². The van der Waals surface area contributed by atoms with Crippen LogP contribution < -0.4 is 10.9 Å². The minimum absolute atomic E-state index is 0.0270. The van der Waals surface area contributed by atoms with Crippen molar-refractivity contribution in [1.29, 1.82) is 0 Å². The number of carbonyl (C=O) groups excluding carboxylic acids is 1. The Balaban J connectivity index is 1.65. The number of hydrogen-bond acceptors (Lipinski definition) is 5. The molecular formula is C26H29N3O4S. The molecule has 1 unspecified atom stereocenters. The second-order valence-corrected chi connectivity index (χ2v) is 8.98. The number of carbonyl (C=O) groups is 1. The largest absolute Gasteiger partial charge is 0.465 e. The maximum absolute atomic E-state index is 13.0. The smallest absolute Gasteiger partial charge is 0.339 e. The molecule has 1 aliphatic heterocycles. The third-order valence-electron chi connectivity index (χ3n) is 6.19. The summed E-state index contributed by atoms with van der Waals surface area (Å²) in [5, 5.41) is 4.61. The molecule has 1 atom stereocenters. The molecule has 0 amide bonds. The number of aryl methyl sites for hydroxylation is 2. The average Bonchev–Trinajstić information content (AvgIpc) is 3.35. The van der Waals surface area contributed by atoms with Gasteiger partial charge in [0.2, 0.25) is 0 Å². The first-order valence-corrected chi connectivity index (χ1v) is 11.7. The molecule has 1 saturated heterocycles. The lowest BCUT2D eigenvalue weighted by molar-refractivity contribution is 0.0602. The Morgan fingerprint density at radius 1 is 1.24 bits per heavy atom. The predicted octanol–water partition coefficient (Wildman–Crippen LogP) is 4.31. The third-order valence-corrected chi connectivity index (χ3v) is 6.55. The van der Waals surface area contributed by atoms with Crippen LogP contribution >= 0.6 is 12.2 Å². The van der Waals surface area contributed by atoms with Gasteiger partial charge in [-0.05, 0) is 68.2 Å². The molecule has 2 heterocycles. The summed E-state index contributed by atoms with van der Waals surface area (Å²) in [5.41, 5.74) is 4.39. The van der Waals surface area contributed by atoms with Gasteiger partial charge in [0.1, 0.15) is 0 Å². The van der Waals surface area contributed by atoms with E-state index < -0.39 is 5.97 Å². The molecule has 178 valence electrons. The van der Waals surface area contributed by atoms with Crippen molar-refractivity contribution in [2.45, 2.75) is 39.3 Å². The first-order chi connectivity index (χ1) is 16.4. The number of ether oxygens (including phenoxy) is 2. The van der Waals surface area contributed by atoms with Gasteiger partial charge in [-0.1, -0.05) is 24.3 Å². The van der Waals surface area contributed by atoms with Crippen molar-refractivity contribution in [3.05, 3.63) is 75.1 Å². The first kappa shape index (κ1) is 23.9. The molecule has 0 bridgehead atoms. The van der Waals surface area contributed by atoms with Crippen LogP contribution in [0.2, 0.25) is 0 Å². The summed E-state index contributed by atoms with van der Waals surface area (Å²) in [6.45, 7) is 5.59. The van der Waals surface area contributed by atoms with Gasteiger partial charge in [0.05, 0.1) is 36.5 Å². The van der Waals surface area contributed by atoms with E-state index in [1.165, 1.54) is 7.11 Å². The minimum Gasteiger partial charge on any atom is -0.465 e. The van der Waals surface area contributed by atoms with Crippen LogP contribution in [-0.2, 0) is 16.0 Å². The van der Waals surface area contributed by atoms with Gasteiger partial charge in [-0.2, -0.15) is 0 Å².